The zero-order valence-electron chi connectivity index (χ0n) is 12.4. The fourth-order valence-corrected chi connectivity index (χ4v) is 3.33. The second kappa shape index (κ2) is 8.39. The molecular weight excluding hydrogens is 276 g/mol. The lowest BCUT2D eigenvalue weighted by Gasteiger charge is -2.24. The number of urea groups is 1. The largest absolute Gasteiger partial charge is 0.481 e. The fourth-order valence-electron chi connectivity index (χ4n) is 2.52. The van der Waals surface area contributed by atoms with E-state index < -0.39 is 11.4 Å². The second-order valence-electron chi connectivity index (χ2n) is 5.51. The summed E-state index contributed by atoms with van der Waals surface area (Å²) < 4.78 is 0. The zero-order chi connectivity index (χ0) is 15.0. The third-order valence-electron chi connectivity index (χ3n) is 3.88. The van der Waals surface area contributed by atoms with Crippen LogP contribution in [0.4, 0.5) is 4.79 Å². The van der Waals surface area contributed by atoms with E-state index >= 15 is 0 Å². The molecule has 20 heavy (non-hydrogen) atoms. The van der Waals surface area contributed by atoms with Crippen LogP contribution in [0.3, 0.4) is 0 Å². The highest BCUT2D eigenvalue weighted by Crippen LogP contribution is 2.37. The summed E-state index contributed by atoms with van der Waals surface area (Å²) in [6, 6.07) is -0.148. The van der Waals surface area contributed by atoms with Crippen LogP contribution in [0.25, 0.3) is 0 Å². The van der Waals surface area contributed by atoms with Crippen LogP contribution in [0, 0.1) is 5.41 Å². The maximum absolute atomic E-state index is 11.8. The Kier molecular flexibility index (Phi) is 7.19. The van der Waals surface area contributed by atoms with Gasteiger partial charge in [0.15, 0.2) is 0 Å². The molecule has 0 aromatic carbocycles. The highest BCUT2D eigenvalue weighted by Gasteiger charge is 2.41. The SMILES string of the molecule is CCSCCC(C)NC(=O)NCC1(C(=O)O)CCCC1. The number of rotatable bonds is 8. The summed E-state index contributed by atoms with van der Waals surface area (Å²) in [7, 11) is 0. The number of nitrogens with one attached hydrogen (secondary N) is 2. The third-order valence-corrected chi connectivity index (χ3v) is 4.81. The van der Waals surface area contributed by atoms with E-state index in [1.807, 2.05) is 18.7 Å². The summed E-state index contributed by atoms with van der Waals surface area (Å²) in [6.07, 6.45) is 4.10. The summed E-state index contributed by atoms with van der Waals surface area (Å²) in [6.45, 7) is 4.31. The quantitative estimate of drug-likeness (QED) is 0.602. The Morgan fingerprint density at radius 1 is 1.35 bits per heavy atom. The molecular formula is C14H26N2O3S. The van der Waals surface area contributed by atoms with E-state index in [0.29, 0.717) is 12.8 Å². The average molecular weight is 302 g/mol. The molecule has 2 amide bonds. The second-order valence-corrected chi connectivity index (χ2v) is 6.90. The van der Waals surface area contributed by atoms with E-state index in [9.17, 15) is 14.7 Å². The summed E-state index contributed by atoms with van der Waals surface area (Å²) in [5, 5.41) is 14.9. The predicted molar refractivity (Wildman–Crippen MR) is 82.1 cm³/mol. The smallest absolute Gasteiger partial charge is 0.315 e. The molecule has 0 radical (unpaired) electrons. The normalized spacial score (nSPS) is 18.5. The summed E-state index contributed by atoms with van der Waals surface area (Å²) >= 11 is 1.85. The fraction of sp³-hybridized carbons (Fsp3) is 0.857. The van der Waals surface area contributed by atoms with Gasteiger partial charge in [-0.2, -0.15) is 11.8 Å². The molecule has 116 valence electrons. The molecule has 1 aliphatic carbocycles. The number of carboxylic acids is 1. The van der Waals surface area contributed by atoms with Crippen LogP contribution in [-0.4, -0.2) is 41.2 Å². The molecule has 0 bridgehead atoms. The number of thioether (sulfide) groups is 1. The molecule has 1 rings (SSSR count). The Hall–Kier alpha value is -0.910. The van der Waals surface area contributed by atoms with Crippen molar-refractivity contribution < 1.29 is 14.7 Å². The topological polar surface area (TPSA) is 78.4 Å². The minimum Gasteiger partial charge on any atom is -0.481 e. The van der Waals surface area contributed by atoms with E-state index in [1.54, 1.807) is 0 Å². The molecule has 0 saturated heterocycles. The third kappa shape index (κ3) is 5.23. The highest BCUT2D eigenvalue weighted by molar-refractivity contribution is 7.99. The van der Waals surface area contributed by atoms with Gasteiger partial charge in [0.1, 0.15) is 0 Å². The van der Waals surface area contributed by atoms with Crippen LogP contribution in [0.2, 0.25) is 0 Å². The minimum atomic E-state index is -0.789. The van der Waals surface area contributed by atoms with Crippen molar-refractivity contribution in [1.82, 2.24) is 10.6 Å². The molecule has 1 saturated carbocycles. The van der Waals surface area contributed by atoms with Crippen molar-refractivity contribution in [3.8, 4) is 0 Å². The molecule has 1 atom stereocenters. The maximum atomic E-state index is 11.8. The van der Waals surface area contributed by atoms with E-state index in [4.69, 9.17) is 0 Å². The molecule has 0 aromatic heterocycles. The first-order valence-corrected chi connectivity index (χ1v) is 8.51. The molecule has 6 heteroatoms. The van der Waals surface area contributed by atoms with Crippen molar-refractivity contribution in [2.75, 3.05) is 18.1 Å². The van der Waals surface area contributed by atoms with Crippen molar-refractivity contribution >= 4 is 23.8 Å². The lowest BCUT2D eigenvalue weighted by atomic mass is 9.86. The van der Waals surface area contributed by atoms with E-state index in [1.165, 1.54) is 0 Å². The van der Waals surface area contributed by atoms with Gasteiger partial charge in [0.25, 0.3) is 0 Å². The minimum absolute atomic E-state index is 0.110. The number of amides is 2. The Morgan fingerprint density at radius 2 is 2.00 bits per heavy atom. The Morgan fingerprint density at radius 3 is 2.55 bits per heavy atom. The highest BCUT2D eigenvalue weighted by atomic mass is 32.2. The molecule has 0 spiro atoms. The van der Waals surface area contributed by atoms with Crippen LogP contribution >= 0.6 is 11.8 Å². The lowest BCUT2D eigenvalue weighted by molar-refractivity contribution is -0.148. The number of carbonyl (C=O) groups excluding carboxylic acids is 1. The first-order chi connectivity index (χ1) is 9.50. The van der Waals surface area contributed by atoms with Crippen LogP contribution < -0.4 is 10.6 Å². The van der Waals surface area contributed by atoms with Gasteiger partial charge in [0.05, 0.1) is 5.41 Å². The first kappa shape index (κ1) is 17.1. The Bertz CT molecular complexity index is 330. The average Bonchev–Trinajstić information content (AvgIpc) is 2.87. The number of carbonyl (C=O) groups is 2. The lowest BCUT2D eigenvalue weighted by Crippen LogP contribution is -2.47. The van der Waals surface area contributed by atoms with Crippen LogP contribution in [0.15, 0.2) is 0 Å². The zero-order valence-corrected chi connectivity index (χ0v) is 13.2. The van der Waals surface area contributed by atoms with E-state index in [0.717, 1.165) is 30.8 Å². The van der Waals surface area contributed by atoms with E-state index in [-0.39, 0.29) is 18.6 Å². The van der Waals surface area contributed by atoms with Crippen molar-refractivity contribution in [1.29, 1.82) is 0 Å². The molecule has 0 aliphatic heterocycles. The summed E-state index contributed by atoms with van der Waals surface area (Å²) in [4.78, 5) is 23.1. The van der Waals surface area contributed by atoms with Gasteiger partial charge in [0, 0.05) is 12.6 Å². The number of hydrogen-bond donors (Lipinski definition) is 3. The van der Waals surface area contributed by atoms with Crippen molar-refractivity contribution in [3.63, 3.8) is 0 Å². The number of hydrogen-bond acceptors (Lipinski definition) is 3. The van der Waals surface area contributed by atoms with Gasteiger partial charge in [-0.1, -0.05) is 19.8 Å². The first-order valence-electron chi connectivity index (χ1n) is 7.35. The van der Waals surface area contributed by atoms with Gasteiger partial charge in [-0.3, -0.25) is 4.79 Å². The molecule has 1 unspecified atom stereocenters. The molecule has 0 aromatic rings. The van der Waals surface area contributed by atoms with E-state index in [2.05, 4.69) is 17.6 Å². The van der Waals surface area contributed by atoms with Crippen LogP contribution in [0.1, 0.15) is 46.0 Å². The number of aliphatic carboxylic acids is 1. The van der Waals surface area contributed by atoms with Gasteiger partial charge < -0.3 is 15.7 Å². The monoisotopic (exact) mass is 302 g/mol. The van der Waals surface area contributed by atoms with Crippen molar-refractivity contribution in [3.05, 3.63) is 0 Å². The molecule has 3 N–H and O–H groups in total. The Labute approximate surface area is 125 Å². The molecule has 1 fully saturated rings. The van der Waals surface area contributed by atoms with Crippen LogP contribution in [0.5, 0.6) is 0 Å². The van der Waals surface area contributed by atoms with Gasteiger partial charge in [0.2, 0.25) is 0 Å². The predicted octanol–water partition coefficient (Wildman–Crippen LogP) is 2.46. The van der Waals surface area contributed by atoms with Crippen molar-refractivity contribution in [2.24, 2.45) is 5.41 Å². The standard InChI is InChI=1S/C14H26N2O3S/c1-3-20-9-6-11(2)16-13(19)15-10-14(12(17)18)7-4-5-8-14/h11H,3-10H2,1-2H3,(H,17,18)(H2,15,16,19). The van der Waals surface area contributed by atoms with Crippen molar-refractivity contribution in [2.45, 2.75) is 52.0 Å². The molecule has 1 aliphatic rings. The van der Waals surface area contributed by atoms with Crippen LogP contribution in [-0.2, 0) is 4.79 Å². The van der Waals surface area contributed by atoms with Gasteiger partial charge in [-0.15, -0.1) is 0 Å². The molecule has 0 heterocycles. The summed E-state index contributed by atoms with van der Waals surface area (Å²) in [5.41, 5.74) is -0.751. The van der Waals surface area contributed by atoms with Gasteiger partial charge >= 0.3 is 12.0 Å². The Balaban J connectivity index is 2.29. The van der Waals surface area contributed by atoms with Gasteiger partial charge in [-0.05, 0) is 37.7 Å². The molecule has 5 nitrogen and oxygen atoms in total. The summed E-state index contributed by atoms with van der Waals surface area (Å²) in [5.74, 6) is 1.32. The number of carboxylic acid groups (broad SMARTS) is 1. The maximum Gasteiger partial charge on any atom is 0.315 e. The van der Waals surface area contributed by atoms with Gasteiger partial charge in [-0.25, -0.2) is 4.79 Å².